The van der Waals surface area contributed by atoms with Crippen LogP contribution in [0.4, 0.5) is 0 Å². The number of hydrogen-bond acceptors (Lipinski definition) is 4. The first-order valence-electron chi connectivity index (χ1n) is 4.84. The summed E-state index contributed by atoms with van der Waals surface area (Å²) >= 11 is 1.64. The van der Waals surface area contributed by atoms with Crippen LogP contribution in [0.5, 0.6) is 0 Å². The van der Waals surface area contributed by atoms with Crippen molar-refractivity contribution in [2.75, 3.05) is 25.1 Å². The molecule has 0 saturated heterocycles. The summed E-state index contributed by atoms with van der Waals surface area (Å²) < 4.78 is 0. The Kier molecular flexibility index (Phi) is 7.15. The van der Waals surface area contributed by atoms with Crippen LogP contribution in [0.25, 0.3) is 0 Å². The van der Waals surface area contributed by atoms with Crippen molar-refractivity contribution in [2.45, 2.75) is 19.4 Å². The third-order valence-electron chi connectivity index (χ3n) is 1.99. The lowest BCUT2D eigenvalue weighted by Crippen LogP contribution is -2.47. The molecule has 0 spiro atoms. The number of nitrogens with zero attached hydrogens (tertiary/aromatic N) is 1. The summed E-state index contributed by atoms with van der Waals surface area (Å²) in [5.74, 6) is 0.119. The minimum Gasteiger partial charge on any atom is -0.368 e. The summed E-state index contributed by atoms with van der Waals surface area (Å²) in [5.41, 5.74) is 10.7. The van der Waals surface area contributed by atoms with Gasteiger partial charge in [-0.2, -0.15) is 11.8 Å². The molecular formula is C9H19N3O2S. The number of primary amides is 1. The number of amides is 2. The molecule has 0 aromatic carbocycles. The van der Waals surface area contributed by atoms with Crippen molar-refractivity contribution in [2.24, 2.45) is 11.5 Å². The zero-order chi connectivity index (χ0) is 11.8. The molecule has 4 N–H and O–H groups in total. The lowest BCUT2D eigenvalue weighted by atomic mass is 10.2. The zero-order valence-corrected chi connectivity index (χ0v) is 10.0. The Morgan fingerprint density at radius 3 is 2.47 bits per heavy atom. The van der Waals surface area contributed by atoms with Gasteiger partial charge in [0, 0.05) is 6.54 Å². The molecule has 0 aromatic heterocycles. The van der Waals surface area contributed by atoms with Crippen LogP contribution in [-0.2, 0) is 9.59 Å². The molecule has 0 aliphatic rings. The smallest absolute Gasteiger partial charge is 0.239 e. The highest BCUT2D eigenvalue weighted by Crippen LogP contribution is 2.02. The Bertz CT molecular complexity index is 223. The third kappa shape index (κ3) is 5.64. The maximum absolute atomic E-state index is 11.7. The Hall–Kier alpha value is -0.750. The Morgan fingerprint density at radius 2 is 2.07 bits per heavy atom. The van der Waals surface area contributed by atoms with E-state index in [2.05, 4.69) is 0 Å². The van der Waals surface area contributed by atoms with Gasteiger partial charge < -0.3 is 16.4 Å². The molecule has 6 heteroatoms. The highest BCUT2D eigenvalue weighted by Gasteiger charge is 2.20. The lowest BCUT2D eigenvalue weighted by molar-refractivity contribution is -0.136. The molecular weight excluding hydrogens is 214 g/mol. The standard InChI is InChI=1S/C9H19N3O2S/c1-3-12(6-8(11)13)9(14)7(10)4-5-15-2/h7H,3-6,10H2,1-2H3,(H2,11,13)/t7-/m1/s1. The van der Waals surface area contributed by atoms with Crippen molar-refractivity contribution in [3.05, 3.63) is 0 Å². The molecule has 0 saturated carbocycles. The minimum absolute atomic E-state index is 0.0533. The number of rotatable bonds is 7. The van der Waals surface area contributed by atoms with Gasteiger partial charge in [0.1, 0.15) is 0 Å². The van der Waals surface area contributed by atoms with Crippen LogP contribution in [-0.4, -0.2) is 47.9 Å². The monoisotopic (exact) mass is 233 g/mol. The highest BCUT2D eigenvalue weighted by molar-refractivity contribution is 7.98. The van der Waals surface area contributed by atoms with Crippen LogP contribution >= 0.6 is 11.8 Å². The van der Waals surface area contributed by atoms with E-state index < -0.39 is 11.9 Å². The van der Waals surface area contributed by atoms with Crippen molar-refractivity contribution in [3.8, 4) is 0 Å². The summed E-state index contributed by atoms with van der Waals surface area (Å²) in [6.07, 6.45) is 2.58. The van der Waals surface area contributed by atoms with Gasteiger partial charge in [0.2, 0.25) is 11.8 Å². The number of thioether (sulfide) groups is 1. The highest BCUT2D eigenvalue weighted by atomic mass is 32.2. The van der Waals surface area contributed by atoms with Crippen LogP contribution in [0.1, 0.15) is 13.3 Å². The van der Waals surface area contributed by atoms with Gasteiger partial charge in [-0.25, -0.2) is 0 Å². The molecule has 5 nitrogen and oxygen atoms in total. The Morgan fingerprint density at radius 1 is 1.47 bits per heavy atom. The first kappa shape index (κ1) is 14.2. The molecule has 0 aliphatic carbocycles. The maximum atomic E-state index is 11.7. The maximum Gasteiger partial charge on any atom is 0.239 e. The largest absolute Gasteiger partial charge is 0.368 e. The topological polar surface area (TPSA) is 89.4 Å². The van der Waals surface area contributed by atoms with E-state index >= 15 is 0 Å². The summed E-state index contributed by atoms with van der Waals surface area (Å²) in [7, 11) is 0. The molecule has 0 aliphatic heterocycles. The number of carbonyl (C=O) groups excluding carboxylic acids is 2. The summed E-state index contributed by atoms with van der Waals surface area (Å²) in [5, 5.41) is 0. The second kappa shape index (κ2) is 7.53. The molecule has 2 amide bonds. The lowest BCUT2D eigenvalue weighted by Gasteiger charge is -2.22. The molecule has 1 atom stereocenters. The van der Waals surface area contributed by atoms with E-state index in [4.69, 9.17) is 11.5 Å². The van der Waals surface area contributed by atoms with Crippen molar-refractivity contribution >= 4 is 23.6 Å². The predicted octanol–water partition coefficient (Wildman–Crippen LogP) is -0.599. The van der Waals surface area contributed by atoms with Crippen LogP contribution in [0.2, 0.25) is 0 Å². The van der Waals surface area contributed by atoms with E-state index in [1.165, 1.54) is 4.90 Å². The van der Waals surface area contributed by atoms with Crippen molar-refractivity contribution < 1.29 is 9.59 Å². The molecule has 0 fully saturated rings. The Labute approximate surface area is 94.5 Å². The van der Waals surface area contributed by atoms with Gasteiger partial charge in [0.15, 0.2) is 0 Å². The molecule has 88 valence electrons. The first-order chi connectivity index (χ1) is 7.02. The van der Waals surface area contributed by atoms with Gasteiger partial charge in [-0.3, -0.25) is 9.59 Å². The van der Waals surface area contributed by atoms with E-state index in [1.54, 1.807) is 18.7 Å². The summed E-state index contributed by atoms with van der Waals surface area (Å²) in [4.78, 5) is 23.8. The number of carbonyl (C=O) groups is 2. The van der Waals surface area contributed by atoms with E-state index in [-0.39, 0.29) is 12.5 Å². The molecule has 0 bridgehead atoms. The molecule has 0 radical (unpaired) electrons. The Balaban J connectivity index is 4.17. The molecule has 0 heterocycles. The van der Waals surface area contributed by atoms with Gasteiger partial charge in [0.25, 0.3) is 0 Å². The average molecular weight is 233 g/mol. The molecule has 0 unspecified atom stereocenters. The number of hydrogen-bond donors (Lipinski definition) is 2. The predicted molar refractivity (Wildman–Crippen MR) is 62.4 cm³/mol. The normalized spacial score (nSPS) is 12.2. The van der Waals surface area contributed by atoms with Gasteiger partial charge in [-0.15, -0.1) is 0 Å². The number of likely N-dealkylation sites (N-methyl/N-ethyl adjacent to an activating group) is 1. The molecule has 0 rings (SSSR count). The van der Waals surface area contributed by atoms with Crippen LogP contribution in [0, 0.1) is 0 Å². The second-order valence-electron chi connectivity index (χ2n) is 3.21. The van der Waals surface area contributed by atoms with Crippen molar-refractivity contribution in [1.29, 1.82) is 0 Å². The number of nitrogens with two attached hydrogens (primary N) is 2. The molecule has 0 aromatic rings. The fourth-order valence-electron chi connectivity index (χ4n) is 1.14. The van der Waals surface area contributed by atoms with Crippen molar-refractivity contribution in [3.63, 3.8) is 0 Å². The fourth-order valence-corrected chi connectivity index (χ4v) is 1.63. The van der Waals surface area contributed by atoms with Crippen LogP contribution in [0.15, 0.2) is 0 Å². The average Bonchev–Trinajstić information content (AvgIpc) is 2.21. The zero-order valence-electron chi connectivity index (χ0n) is 9.23. The summed E-state index contributed by atoms with van der Waals surface area (Å²) in [6.45, 7) is 2.19. The molecule has 15 heavy (non-hydrogen) atoms. The van der Waals surface area contributed by atoms with Gasteiger partial charge in [-0.1, -0.05) is 0 Å². The fraction of sp³-hybridized carbons (Fsp3) is 0.778. The van der Waals surface area contributed by atoms with Crippen molar-refractivity contribution in [1.82, 2.24) is 4.90 Å². The first-order valence-corrected chi connectivity index (χ1v) is 6.23. The second-order valence-corrected chi connectivity index (χ2v) is 4.19. The van der Waals surface area contributed by atoms with E-state index in [0.717, 1.165) is 5.75 Å². The van der Waals surface area contributed by atoms with E-state index in [1.807, 2.05) is 6.26 Å². The SMILES string of the molecule is CCN(CC(N)=O)C(=O)[C@H](N)CCSC. The van der Waals surface area contributed by atoms with Crippen LogP contribution in [0.3, 0.4) is 0 Å². The van der Waals surface area contributed by atoms with Gasteiger partial charge in [-0.05, 0) is 25.4 Å². The third-order valence-corrected chi connectivity index (χ3v) is 2.63. The summed E-state index contributed by atoms with van der Waals surface area (Å²) in [6, 6.07) is -0.531. The minimum atomic E-state index is -0.531. The van der Waals surface area contributed by atoms with Gasteiger partial charge in [0.05, 0.1) is 12.6 Å². The van der Waals surface area contributed by atoms with Crippen LogP contribution < -0.4 is 11.5 Å². The quantitative estimate of drug-likeness (QED) is 0.614. The van der Waals surface area contributed by atoms with E-state index in [0.29, 0.717) is 13.0 Å². The van der Waals surface area contributed by atoms with E-state index in [9.17, 15) is 9.59 Å². The van der Waals surface area contributed by atoms with Gasteiger partial charge >= 0.3 is 0 Å².